The molecule has 1 unspecified atom stereocenters. The third-order valence-electron chi connectivity index (χ3n) is 5.05. The number of nitro benzene ring substituents is 1. The van der Waals surface area contributed by atoms with Crippen LogP contribution in [0, 0.1) is 10.1 Å². The van der Waals surface area contributed by atoms with Crippen molar-refractivity contribution in [2.45, 2.75) is 25.7 Å². The fourth-order valence-electron chi connectivity index (χ4n) is 3.74. The van der Waals surface area contributed by atoms with E-state index in [1.54, 1.807) is 12.1 Å². The fraction of sp³-hybridized carbons (Fsp3) is 0.174. The van der Waals surface area contributed by atoms with Crippen molar-refractivity contribution >= 4 is 27.5 Å². The molecule has 0 aliphatic rings. The quantitative estimate of drug-likeness (QED) is 0.242. The Kier molecular flexibility index (Phi) is 4.55. The highest BCUT2D eigenvalue weighted by atomic mass is 16.6. The summed E-state index contributed by atoms with van der Waals surface area (Å²) in [4.78, 5) is 15.4. The number of nitro groups is 1. The van der Waals surface area contributed by atoms with Crippen molar-refractivity contribution in [3.8, 4) is 0 Å². The van der Waals surface area contributed by atoms with E-state index >= 15 is 0 Å². The van der Waals surface area contributed by atoms with Gasteiger partial charge in [-0.25, -0.2) is 4.98 Å². The summed E-state index contributed by atoms with van der Waals surface area (Å²) in [6.45, 7) is 2.16. The zero-order valence-electron chi connectivity index (χ0n) is 15.1. The monoisotopic (exact) mass is 356 g/mol. The van der Waals surface area contributed by atoms with Crippen molar-refractivity contribution in [3.63, 3.8) is 0 Å². The Hall–Kier alpha value is -3.27. The van der Waals surface area contributed by atoms with Gasteiger partial charge in [0.25, 0.3) is 5.69 Å². The molecule has 0 aliphatic carbocycles. The molecule has 0 saturated heterocycles. The third-order valence-corrected chi connectivity index (χ3v) is 5.05. The van der Waals surface area contributed by atoms with E-state index in [0.717, 1.165) is 40.2 Å². The lowest BCUT2D eigenvalue weighted by molar-refractivity contribution is -0.384. The average Bonchev–Trinajstić information content (AvgIpc) is 2.70. The SMILES string of the molecule is CCCC(c1ccc([N+](=O)[O-])cc1)c1cccc2nc3ccccc3cc12. The summed E-state index contributed by atoms with van der Waals surface area (Å²) in [5, 5.41) is 13.2. The molecule has 1 atom stereocenters. The molecule has 4 heteroatoms. The Bertz CT molecular complexity index is 1120. The molecular weight excluding hydrogens is 336 g/mol. The number of nitrogens with zero attached hydrogens (tertiary/aromatic N) is 2. The van der Waals surface area contributed by atoms with E-state index in [1.165, 1.54) is 5.56 Å². The molecule has 0 aliphatic heterocycles. The Morgan fingerprint density at radius 1 is 0.963 bits per heavy atom. The lowest BCUT2D eigenvalue weighted by atomic mass is 9.85. The second-order valence-corrected chi connectivity index (χ2v) is 6.78. The van der Waals surface area contributed by atoms with E-state index in [2.05, 4.69) is 25.1 Å². The number of non-ortho nitro benzene ring substituents is 1. The molecule has 4 aromatic rings. The minimum absolute atomic E-state index is 0.125. The van der Waals surface area contributed by atoms with Crippen LogP contribution in [0.15, 0.2) is 72.8 Å². The molecule has 0 bridgehead atoms. The summed E-state index contributed by atoms with van der Waals surface area (Å²) in [7, 11) is 0. The largest absolute Gasteiger partial charge is 0.269 e. The van der Waals surface area contributed by atoms with Crippen LogP contribution in [0.1, 0.15) is 36.8 Å². The second kappa shape index (κ2) is 7.16. The van der Waals surface area contributed by atoms with E-state index in [-0.39, 0.29) is 16.5 Å². The Labute approximate surface area is 157 Å². The van der Waals surface area contributed by atoms with Gasteiger partial charge in [-0.05, 0) is 35.7 Å². The van der Waals surface area contributed by atoms with Gasteiger partial charge >= 0.3 is 0 Å². The first-order chi connectivity index (χ1) is 13.2. The number of aromatic nitrogens is 1. The van der Waals surface area contributed by atoms with Crippen LogP contribution in [0.2, 0.25) is 0 Å². The summed E-state index contributed by atoms with van der Waals surface area (Å²) < 4.78 is 0. The van der Waals surface area contributed by atoms with Crippen LogP contribution in [0.3, 0.4) is 0 Å². The van der Waals surface area contributed by atoms with Crippen LogP contribution in [0.25, 0.3) is 21.8 Å². The normalized spacial score (nSPS) is 12.3. The van der Waals surface area contributed by atoms with Crippen LogP contribution < -0.4 is 0 Å². The lowest BCUT2D eigenvalue weighted by Crippen LogP contribution is -2.03. The molecule has 27 heavy (non-hydrogen) atoms. The zero-order valence-corrected chi connectivity index (χ0v) is 15.1. The van der Waals surface area contributed by atoms with Gasteiger partial charge in [-0.2, -0.15) is 0 Å². The molecule has 0 amide bonds. The number of rotatable bonds is 5. The molecule has 0 saturated carbocycles. The van der Waals surface area contributed by atoms with Gasteiger partial charge in [0.05, 0.1) is 16.0 Å². The predicted octanol–water partition coefficient (Wildman–Crippen LogP) is 6.23. The Morgan fingerprint density at radius 3 is 2.44 bits per heavy atom. The van der Waals surface area contributed by atoms with Crippen molar-refractivity contribution in [1.82, 2.24) is 4.98 Å². The molecule has 4 rings (SSSR count). The number of fused-ring (bicyclic) bond motifs is 2. The Morgan fingerprint density at radius 2 is 1.70 bits per heavy atom. The number of benzene rings is 3. The summed E-state index contributed by atoms with van der Waals surface area (Å²) >= 11 is 0. The van der Waals surface area contributed by atoms with Gasteiger partial charge in [-0.15, -0.1) is 0 Å². The van der Waals surface area contributed by atoms with Crippen molar-refractivity contribution in [2.24, 2.45) is 0 Å². The minimum Gasteiger partial charge on any atom is -0.258 e. The second-order valence-electron chi connectivity index (χ2n) is 6.78. The Balaban J connectivity index is 1.88. The van der Waals surface area contributed by atoms with Crippen LogP contribution in [0.4, 0.5) is 5.69 Å². The summed E-state index contributed by atoms with van der Waals surface area (Å²) in [6.07, 6.45) is 2.00. The van der Waals surface area contributed by atoms with Gasteiger partial charge in [0, 0.05) is 28.8 Å². The van der Waals surface area contributed by atoms with Gasteiger partial charge in [0.1, 0.15) is 0 Å². The van der Waals surface area contributed by atoms with Crippen LogP contribution >= 0.6 is 0 Å². The van der Waals surface area contributed by atoms with E-state index in [4.69, 9.17) is 4.98 Å². The standard InChI is InChI=1S/C23H20N2O2/c1-2-6-19(16-11-13-18(14-12-16)25(26)27)20-8-5-10-23-21(20)15-17-7-3-4-9-22(17)24-23/h3-5,7-15,19H,2,6H2,1H3. The average molecular weight is 356 g/mol. The topological polar surface area (TPSA) is 56.0 Å². The maximum atomic E-state index is 11.0. The molecule has 4 nitrogen and oxygen atoms in total. The number of hydrogen-bond donors (Lipinski definition) is 0. The highest BCUT2D eigenvalue weighted by Gasteiger charge is 2.18. The molecule has 0 spiro atoms. The van der Waals surface area contributed by atoms with Crippen LogP contribution in [-0.2, 0) is 0 Å². The highest BCUT2D eigenvalue weighted by Crippen LogP contribution is 2.35. The molecule has 0 fully saturated rings. The smallest absolute Gasteiger partial charge is 0.258 e. The summed E-state index contributed by atoms with van der Waals surface area (Å²) in [5.41, 5.74) is 4.42. The maximum absolute atomic E-state index is 11.0. The van der Waals surface area contributed by atoms with Crippen LogP contribution in [0.5, 0.6) is 0 Å². The van der Waals surface area contributed by atoms with Crippen LogP contribution in [-0.4, -0.2) is 9.91 Å². The van der Waals surface area contributed by atoms with E-state index in [9.17, 15) is 10.1 Å². The molecule has 0 radical (unpaired) electrons. The highest BCUT2D eigenvalue weighted by molar-refractivity contribution is 5.94. The summed E-state index contributed by atoms with van der Waals surface area (Å²) in [5.74, 6) is 0.183. The number of pyridine rings is 1. The van der Waals surface area contributed by atoms with Gasteiger partial charge in [0.15, 0.2) is 0 Å². The lowest BCUT2D eigenvalue weighted by Gasteiger charge is -2.19. The van der Waals surface area contributed by atoms with Gasteiger partial charge in [-0.1, -0.05) is 55.8 Å². The predicted molar refractivity (Wildman–Crippen MR) is 109 cm³/mol. The third kappa shape index (κ3) is 3.26. The van der Waals surface area contributed by atoms with E-state index in [1.807, 2.05) is 42.5 Å². The molecular formula is C23H20N2O2. The minimum atomic E-state index is -0.355. The first-order valence-electron chi connectivity index (χ1n) is 9.20. The molecule has 1 aromatic heterocycles. The van der Waals surface area contributed by atoms with Crippen molar-refractivity contribution in [2.75, 3.05) is 0 Å². The molecule has 134 valence electrons. The molecule has 3 aromatic carbocycles. The van der Waals surface area contributed by atoms with Crippen molar-refractivity contribution in [1.29, 1.82) is 0 Å². The summed E-state index contributed by atoms with van der Waals surface area (Å²) in [6, 6.07) is 23.5. The molecule has 1 heterocycles. The zero-order chi connectivity index (χ0) is 18.8. The number of para-hydroxylation sites is 1. The first-order valence-corrected chi connectivity index (χ1v) is 9.20. The maximum Gasteiger partial charge on any atom is 0.269 e. The van der Waals surface area contributed by atoms with Gasteiger partial charge < -0.3 is 0 Å². The van der Waals surface area contributed by atoms with E-state index < -0.39 is 0 Å². The van der Waals surface area contributed by atoms with Crippen molar-refractivity contribution < 1.29 is 4.92 Å². The number of hydrogen-bond acceptors (Lipinski definition) is 3. The van der Waals surface area contributed by atoms with Gasteiger partial charge in [0.2, 0.25) is 0 Å². The first kappa shape index (κ1) is 17.2. The van der Waals surface area contributed by atoms with Gasteiger partial charge in [-0.3, -0.25) is 10.1 Å². The fourth-order valence-corrected chi connectivity index (χ4v) is 3.74. The van der Waals surface area contributed by atoms with Crippen molar-refractivity contribution in [3.05, 3.63) is 94.0 Å². The van der Waals surface area contributed by atoms with E-state index in [0.29, 0.717) is 0 Å². The molecule has 0 N–H and O–H groups in total.